The van der Waals surface area contributed by atoms with Crippen molar-refractivity contribution >= 4 is 29.0 Å². The monoisotopic (exact) mass is 284 g/mol. The van der Waals surface area contributed by atoms with E-state index in [4.69, 9.17) is 0 Å². The van der Waals surface area contributed by atoms with Gasteiger partial charge in [0.05, 0.1) is 0 Å². The zero-order chi connectivity index (χ0) is 9.12. The molecule has 0 aliphatic heterocycles. The molecule has 0 saturated heterocycles. The molecule has 0 nitrogen and oxygen atoms in total. The van der Waals surface area contributed by atoms with Crippen LogP contribution in [-0.2, 0) is 0 Å². The molecule has 64 valence electrons. The SMILES string of the molecule is C[Te]C(C)(C)C#C[Si](C)(C)C. The van der Waals surface area contributed by atoms with E-state index >= 15 is 0 Å². The topological polar surface area (TPSA) is 0 Å². The van der Waals surface area contributed by atoms with Gasteiger partial charge >= 0.3 is 82.4 Å². The summed E-state index contributed by atoms with van der Waals surface area (Å²) in [6, 6.07) is 0. The minimum absolute atomic E-state index is 0.0934. The molecule has 0 N–H and O–H groups in total. The fourth-order valence-corrected chi connectivity index (χ4v) is 1.79. The molecule has 0 aromatic heterocycles. The average molecular weight is 282 g/mol. The molecule has 11 heavy (non-hydrogen) atoms. The van der Waals surface area contributed by atoms with E-state index in [2.05, 4.69) is 49.9 Å². The van der Waals surface area contributed by atoms with Crippen LogP contribution in [0, 0.1) is 11.5 Å². The van der Waals surface area contributed by atoms with Crippen LogP contribution in [-0.4, -0.2) is 29.0 Å². The summed E-state index contributed by atoms with van der Waals surface area (Å²) in [7, 11) is -1.12. The van der Waals surface area contributed by atoms with Gasteiger partial charge in [-0.05, 0) is 0 Å². The first-order valence-corrected chi connectivity index (χ1v) is 10.9. The van der Waals surface area contributed by atoms with E-state index in [1.165, 1.54) is 0 Å². The summed E-state index contributed by atoms with van der Waals surface area (Å²) in [4.78, 5) is 2.32. The third kappa shape index (κ3) is 6.95. The van der Waals surface area contributed by atoms with Crippen LogP contribution in [0.4, 0.5) is 0 Å². The molecule has 0 radical (unpaired) electrons. The minimum atomic E-state index is -1.12. The molecule has 0 saturated carbocycles. The fourth-order valence-electron chi connectivity index (χ4n) is 0.389. The Bertz CT molecular complexity index is 178. The second kappa shape index (κ2) is 3.99. The number of hydrogen-bond acceptors (Lipinski definition) is 0. The van der Waals surface area contributed by atoms with Crippen molar-refractivity contribution in [3.05, 3.63) is 0 Å². The van der Waals surface area contributed by atoms with E-state index < -0.39 is 8.07 Å². The van der Waals surface area contributed by atoms with Gasteiger partial charge in [-0.25, -0.2) is 0 Å². The summed E-state index contributed by atoms with van der Waals surface area (Å²) in [6.45, 7) is 11.4. The van der Waals surface area contributed by atoms with Gasteiger partial charge in [0.25, 0.3) is 0 Å². The average Bonchev–Trinajstić information content (AvgIpc) is 1.83. The van der Waals surface area contributed by atoms with Crippen LogP contribution in [0.5, 0.6) is 0 Å². The predicted molar refractivity (Wildman–Crippen MR) is 56.8 cm³/mol. The molecule has 0 aromatic carbocycles. The van der Waals surface area contributed by atoms with Gasteiger partial charge in [0, 0.05) is 0 Å². The first-order chi connectivity index (χ1) is 4.77. The molecule has 0 amide bonds. The molecule has 0 rings (SSSR count). The Balaban J connectivity index is 4.29. The quantitative estimate of drug-likeness (QED) is 0.512. The Morgan fingerprint density at radius 2 is 1.64 bits per heavy atom. The van der Waals surface area contributed by atoms with Crippen LogP contribution in [0.1, 0.15) is 13.8 Å². The van der Waals surface area contributed by atoms with Crippen LogP contribution >= 0.6 is 0 Å². The molecule has 0 fully saturated rings. The van der Waals surface area contributed by atoms with E-state index in [9.17, 15) is 0 Å². The number of hydrogen-bond donors (Lipinski definition) is 0. The molecule has 0 aliphatic carbocycles. The third-order valence-corrected chi connectivity index (χ3v) is 5.33. The summed E-state index contributed by atoms with van der Waals surface area (Å²) < 4.78 is 0.352. The van der Waals surface area contributed by atoms with Crippen molar-refractivity contribution in [1.82, 2.24) is 0 Å². The van der Waals surface area contributed by atoms with Crippen molar-refractivity contribution in [3.8, 4) is 11.5 Å². The zero-order valence-corrected chi connectivity index (χ0v) is 11.7. The maximum atomic E-state index is 3.43. The Morgan fingerprint density at radius 1 is 1.18 bits per heavy atom. The van der Waals surface area contributed by atoms with Crippen LogP contribution in [0.2, 0.25) is 28.1 Å². The van der Waals surface area contributed by atoms with Gasteiger partial charge in [-0.2, -0.15) is 0 Å². The van der Waals surface area contributed by atoms with Crippen molar-refractivity contribution in [1.29, 1.82) is 0 Å². The standard InChI is InChI=1S/C9H18SiTe/c1-9(2,11-6)7-8-10(3,4)5/h1-6H3. The Morgan fingerprint density at radius 3 is 1.91 bits per heavy atom. The molecule has 0 unspecified atom stereocenters. The molecular formula is C9H18SiTe. The van der Waals surface area contributed by atoms with Crippen molar-refractivity contribution in [2.45, 2.75) is 41.9 Å². The second-order valence-electron chi connectivity index (χ2n) is 4.21. The van der Waals surface area contributed by atoms with Crippen molar-refractivity contribution < 1.29 is 0 Å². The van der Waals surface area contributed by atoms with E-state index in [1.807, 2.05) is 0 Å². The van der Waals surface area contributed by atoms with Gasteiger partial charge in [0.2, 0.25) is 0 Å². The Hall–Kier alpha value is 0.566. The van der Waals surface area contributed by atoms with Crippen LogP contribution in [0.15, 0.2) is 0 Å². The first-order valence-electron chi connectivity index (χ1n) is 3.86. The summed E-state index contributed by atoms with van der Waals surface area (Å²) >= 11 is 0.0934. The van der Waals surface area contributed by atoms with E-state index in [0.29, 0.717) is 3.46 Å². The molecule has 0 atom stereocenters. The van der Waals surface area contributed by atoms with Crippen molar-refractivity contribution in [2.24, 2.45) is 0 Å². The molecule has 0 aliphatic rings. The van der Waals surface area contributed by atoms with Crippen LogP contribution in [0.3, 0.4) is 0 Å². The summed E-state index contributed by atoms with van der Waals surface area (Å²) in [6.07, 6.45) is 0. The Labute approximate surface area is 82.2 Å². The van der Waals surface area contributed by atoms with Crippen LogP contribution in [0.25, 0.3) is 0 Å². The van der Waals surface area contributed by atoms with Gasteiger partial charge in [0.1, 0.15) is 0 Å². The van der Waals surface area contributed by atoms with E-state index in [0.717, 1.165) is 0 Å². The van der Waals surface area contributed by atoms with Gasteiger partial charge in [-0.3, -0.25) is 0 Å². The first kappa shape index (κ1) is 11.6. The second-order valence-corrected chi connectivity index (χ2v) is 13.0. The summed E-state index contributed by atoms with van der Waals surface area (Å²) in [5, 5.41) is 0. The van der Waals surface area contributed by atoms with Crippen molar-refractivity contribution in [3.63, 3.8) is 0 Å². The van der Waals surface area contributed by atoms with Gasteiger partial charge < -0.3 is 0 Å². The number of rotatable bonds is 1. The Kier molecular flexibility index (Phi) is 4.20. The summed E-state index contributed by atoms with van der Waals surface area (Å²) in [5.74, 6) is 3.42. The van der Waals surface area contributed by atoms with Gasteiger partial charge in [-0.1, -0.05) is 0 Å². The molecule has 0 spiro atoms. The normalized spacial score (nSPS) is 12.2. The van der Waals surface area contributed by atoms with Gasteiger partial charge in [0.15, 0.2) is 0 Å². The van der Waals surface area contributed by atoms with Crippen LogP contribution < -0.4 is 0 Å². The zero-order valence-electron chi connectivity index (χ0n) is 8.41. The maximum absolute atomic E-state index is 3.43. The van der Waals surface area contributed by atoms with E-state index in [1.54, 1.807) is 0 Å². The van der Waals surface area contributed by atoms with Crippen molar-refractivity contribution in [2.75, 3.05) is 0 Å². The van der Waals surface area contributed by atoms with Gasteiger partial charge in [-0.15, -0.1) is 0 Å². The fraction of sp³-hybridized carbons (Fsp3) is 0.778. The third-order valence-electron chi connectivity index (χ3n) is 1.25. The molecular weight excluding hydrogens is 264 g/mol. The van der Waals surface area contributed by atoms with E-state index in [-0.39, 0.29) is 20.9 Å². The molecule has 0 aromatic rings. The summed E-state index contributed by atoms with van der Waals surface area (Å²) in [5.41, 5.74) is 3.43. The molecule has 0 bridgehead atoms. The molecule has 2 heteroatoms. The predicted octanol–water partition coefficient (Wildman–Crippen LogP) is 2.82. The molecule has 0 heterocycles.